The summed E-state index contributed by atoms with van der Waals surface area (Å²) in [5.74, 6) is -0.841. The first kappa shape index (κ1) is 16.7. The molecule has 0 amide bonds. The molecule has 2 aromatic heterocycles. The van der Waals surface area contributed by atoms with Gasteiger partial charge in [0.05, 0.1) is 17.9 Å². The van der Waals surface area contributed by atoms with E-state index < -0.39 is 23.3 Å². The predicted octanol–water partition coefficient (Wildman–Crippen LogP) is 2.68. The number of alkyl halides is 3. The molecule has 0 saturated heterocycles. The molecule has 0 aliphatic rings. The van der Waals surface area contributed by atoms with Crippen molar-refractivity contribution in [2.24, 2.45) is 0 Å². The second kappa shape index (κ2) is 6.08. The molecule has 0 spiro atoms. The van der Waals surface area contributed by atoms with Gasteiger partial charge >= 0.3 is 12.1 Å². The normalized spacial score (nSPS) is 11.7. The van der Waals surface area contributed by atoms with E-state index in [1.807, 2.05) is 0 Å². The van der Waals surface area contributed by atoms with Gasteiger partial charge in [-0.2, -0.15) is 17.7 Å². The lowest BCUT2D eigenvalue weighted by atomic mass is 10.2. The summed E-state index contributed by atoms with van der Waals surface area (Å²) < 4.78 is 45.7. The molecule has 0 aliphatic carbocycles. The number of carbonyl (C=O) groups excluding carboxylic acids is 1. The van der Waals surface area contributed by atoms with E-state index >= 15 is 0 Å². The van der Waals surface area contributed by atoms with E-state index in [1.165, 1.54) is 29.1 Å². The van der Waals surface area contributed by atoms with E-state index in [0.717, 1.165) is 22.8 Å². The van der Waals surface area contributed by atoms with Crippen LogP contribution in [0.4, 0.5) is 13.2 Å². The molecular weight excluding hydrogens is 339 g/mol. The summed E-state index contributed by atoms with van der Waals surface area (Å²) in [6, 6.07) is 5.94. The molecule has 3 rings (SSSR count). The molecule has 0 aliphatic heterocycles. The topological polar surface area (TPSA) is 65.6 Å². The SMILES string of the molecule is CCOC(=O)c1cnc2ccn(-c3cccc(C(F)(F)F)c3)n2c1=O. The largest absolute Gasteiger partial charge is 0.462 e. The van der Waals surface area contributed by atoms with Crippen LogP contribution in [0.2, 0.25) is 0 Å². The predicted molar refractivity (Wildman–Crippen MR) is 81.7 cm³/mol. The summed E-state index contributed by atoms with van der Waals surface area (Å²) in [4.78, 5) is 28.4. The van der Waals surface area contributed by atoms with Crippen LogP contribution in [0.25, 0.3) is 11.3 Å². The molecule has 3 aromatic rings. The summed E-state index contributed by atoms with van der Waals surface area (Å²) >= 11 is 0. The van der Waals surface area contributed by atoms with Crippen molar-refractivity contribution in [2.75, 3.05) is 6.61 Å². The quantitative estimate of drug-likeness (QED) is 0.681. The van der Waals surface area contributed by atoms with Gasteiger partial charge in [-0.3, -0.25) is 9.48 Å². The Morgan fingerprint density at radius 2 is 2.04 bits per heavy atom. The van der Waals surface area contributed by atoms with Crippen molar-refractivity contribution >= 4 is 11.6 Å². The van der Waals surface area contributed by atoms with Crippen LogP contribution in [-0.2, 0) is 10.9 Å². The Labute approximate surface area is 139 Å². The molecular formula is C16H12F3N3O3. The van der Waals surface area contributed by atoms with Gasteiger partial charge in [0.15, 0.2) is 5.65 Å². The van der Waals surface area contributed by atoms with E-state index in [9.17, 15) is 22.8 Å². The van der Waals surface area contributed by atoms with Crippen LogP contribution in [-0.4, -0.2) is 26.8 Å². The first-order chi connectivity index (χ1) is 11.8. The number of benzene rings is 1. The molecule has 0 N–H and O–H groups in total. The van der Waals surface area contributed by atoms with Crippen LogP contribution in [0.5, 0.6) is 0 Å². The van der Waals surface area contributed by atoms with Crippen molar-refractivity contribution in [1.29, 1.82) is 0 Å². The molecule has 0 bridgehead atoms. The number of hydrogen-bond donors (Lipinski definition) is 0. The van der Waals surface area contributed by atoms with Gasteiger partial charge in [0.1, 0.15) is 5.56 Å². The second-order valence-electron chi connectivity index (χ2n) is 5.08. The summed E-state index contributed by atoms with van der Waals surface area (Å²) in [7, 11) is 0. The fourth-order valence-electron chi connectivity index (χ4n) is 2.36. The molecule has 0 unspecified atom stereocenters. The minimum absolute atomic E-state index is 0.0790. The van der Waals surface area contributed by atoms with Crippen LogP contribution in [0.1, 0.15) is 22.8 Å². The first-order valence-corrected chi connectivity index (χ1v) is 7.27. The maximum absolute atomic E-state index is 12.9. The van der Waals surface area contributed by atoms with Gasteiger partial charge in [-0.15, -0.1) is 0 Å². The van der Waals surface area contributed by atoms with Crippen molar-refractivity contribution < 1.29 is 22.7 Å². The number of rotatable bonds is 3. The number of halogens is 3. The maximum atomic E-state index is 12.9. The average molecular weight is 351 g/mol. The lowest BCUT2D eigenvalue weighted by Gasteiger charge is -2.11. The lowest BCUT2D eigenvalue weighted by molar-refractivity contribution is -0.137. The molecule has 0 atom stereocenters. The number of ether oxygens (including phenoxy) is 1. The first-order valence-electron chi connectivity index (χ1n) is 7.27. The molecule has 6 nitrogen and oxygen atoms in total. The van der Waals surface area contributed by atoms with Gasteiger partial charge in [-0.1, -0.05) is 6.07 Å². The zero-order valence-corrected chi connectivity index (χ0v) is 12.9. The lowest BCUT2D eigenvalue weighted by Crippen LogP contribution is -2.27. The third-order valence-electron chi connectivity index (χ3n) is 3.48. The molecule has 25 heavy (non-hydrogen) atoms. The van der Waals surface area contributed by atoms with Gasteiger partial charge in [0, 0.05) is 18.5 Å². The second-order valence-corrected chi connectivity index (χ2v) is 5.08. The van der Waals surface area contributed by atoms with Gasteiger partial charge in [-0.25, -0.2) is 9.78 Å². The summed E-state index contributed by atoms with van der Waals surface area (Å²) in [6.07, 6.45) is -2.03. The molecule has 1 aromatic carbocycles. The van der Waals surface area contributed by atoms with Crippen molar-refractivity contribution in [2.45, 2.75) is 13.1 Å². The van der Waals surface area contributed by atoms with Gasteiger partial charge in [-0.05, 0) is 25.1 Å². The minimum Gasteiger partial charge on any atom is -0.462 e. The number of nitrogens with zero attached hydrogens (tertiary/aromatic N) is 3. The van der Waals surface area contributed by atoms with Crippen LogP contribution in [0.15, 0.2) is 47.5 Å². The highest BCUT2D eigenvalue weighted by Gasteiger charge is 2.30. The highest BCUT2D eigenvalue weighted by Crippen LogP contribution is 2.30. The zero-order chi connectivity index (χ0) is 18.2. The number of hydrogen-bond acceptors (Lipinski definition) is 4. The van der Waals surface area contributed by atoms with Gasteiger partial charge < -0.3 is 4.74 Å². The third kappa shape index (κ3) is 3.00. The Hall–Kier alpha value is -3.10. The maximum Gasteiger partial charge on any atom is 0.416 e. The van der Waals surface area contributed by atoms with Crippen LogP contribution < -0.4 is 5.56 Å². The Morgan fingerprint density at radius 3 is 2.72 bits per heavy atom. The Balaban J connectivity index is 2.20. The van der Waals surface area contributed by atoms with E-state index in [4.69, 9.17) is 4.74 Å². The van der Waals surface area contributed by atoms with Crippen LogP contribution in [0.3, 0.4) is 0 Å². The van der Waals surface area contributed by atoms with Gasteiger partial charge in [0.25, 0.3) is 5.56 Å². The van der Waals surface area contributed by atoms with Crippen molar-refractivity contribution in [3.8, 4) is 5.69 Å². The molecule has 9 heteroatoms. The molecule has 2 heterocycles. The molecule has 0 fully saturated rings. The number of aromatic nitrogens is 3. The minimum atomic E-state index is -4.52. The average Bonchev–Trinajstić information content (AvgIpc) is 2.99. The standard InChI is InChI=1S/C16H12F3N3O3/c1-2-25-15(24)12-9-20-13-6-7-21(22(13)14(12)23)11-5-3-4-10(8-11)16(17,18)19/h3-9H,2H2,1H3. The van der Waals surface area contributed by atoms with Crippen molar-refractivity contribution in [1.82, 2.24) is 14.2 Å². The van der Waals surface area contributed by atoms with Crippen molar-refractivity contribution in [3.05, 3.63) is 64.2 Å². The monoisotopic (exact) mass is 351 g/mol. The van der Waals surface area contributed by atoms with E-state index in [0.29, 0.717) is 0 Å². The van der Waals surface area contributed by atoms with E-state index in [-0.39, 0.29) is 23.5 Å². The third-order valence-corrected chi connectivity index (χ3v) is 3.48. The number of esters is 1. The highest BCUT2D eigenvalue weighted by atomic mass is 19.4. The summed E-state index contributed by atoms with van der Waals surface area (Å²) in [6.45, 7) is 1.67. The fraction of sp³-hybridized carbons (Fsp3) is 0.188. The van der Waals surface area contributed by atoms with Crippen LogP contribution >= 0.6 is 0 Å². The smallest absolute Gasteiger partial charge is 0.416 e. The molecule has 130 valence electrons. The summed E-state index contributed by atoms with van der Waals surface area (Å²) in [5, 5.41) is 0. The molecule has 0 saturated carbocycles. The van der Waals surface area contributed by atoms with E-state index in [1.54, 1.807) is 6.92 Å². The number of fused-ring (bicyclic) bond motifs is 1. The Morgan fingerprint density at radius 1 is 1.28 bits per heavy atom. The highest BCUT2D eigenvalue weighted by molar-refractivity contribution is 5.88. The zero-order valence-electron chi connectivity index (χ0n) is 12.9. The summed E-state index contributed by atoms with van der Waals surface area (Å²) in [5.41, 5.74) is -1.59. The van der Waals surface area contributed by atoms with Gasteiger partial charge in [0.2, 0.25) is 0 Å². The van der Waals surface area contributed by atoms with Crippen LogP contribution in [0, 0.1) is 0 Å². The van der Waals surface area contributed by atoms with E-state index in [2.05, 4.69) is 4.98 Å². The van der Waals surface area contributed by atoms with Crippen molar-refractivity contribution in [3.63, 3.8) is 0 Å². The fourth-order valence-corrected chi connectivity index (χ4v) is 2.36. The molecule has 0 radical (unpaired) electrons. The Bertz CT molecular complexity index is 1010. The Kier molecular flexibility index (Phi) is 4.07. The number of carbonyl (C=O) groups is 1.